The number of anilines is 1. The molecule has 4 rings (SSSR count). The number of nitrogens with one attached hydrogen (secondary N) is 1. The van der Waals surface area contributed by atoms with Gasteiger partial charge in [0.25, 0.3) is 0 Å². The summed E-state index contributed by atoms with van der Waals surface area (Å²) in [5.41, 5.74) is 1.71. The summed E-state index contributed by atoms with van der Waals surface area (Å²) >= 11 is 7.47. The van der Waals surface area contributed by atoms with Gasteiger partial charge in [0.05, 0.1) is 5.75 Å². The Morgan fingerprint density at radius 1 is 1.07 bits per heavy atom. The molecule has 0 aliphatic rings. The van der Waals surface area contributed by atoms with Gasteiger partial charge in [-0.1, -0.05) is 71.9 Å². The lowest BCUT2D eigenvalue weighted by Crippen LogP contribution is -2.15. The van der Waals surface area contributed by atoms with Crippen LogP contribution in [0.2, 0.25) is 5.02 Å². The molecule has 4 aromatic rings. The van der Waals surface area contributed by atoms with Gasteiger partial charge < -0.3 is 9.88 Å². The first-order chi connectivity index (χ1) is 14.2. The maximum absolute atomic E-state index is 12.5. The van der Waals surface area contributed by atoms with Crippen LogP contribution in [0.15, 0.2) is 71.9 Å². The predicted octanol–water partition coefficient (Wildman–Crippen LogP) is 5.50. The van der Waals surface area contributed by atoms with Crippen molar-refractivity contribution in [3.63, 3.8) is 0 Å². The summed E-state index contributed by atoms with van der Waals surface area (Å²) in [6.07, 6.45) is 0. The first kappa shape index (κ1) is 19.5. The number of thioether (sulfide) groups is 1. The highest BCUT2D eigenvalue weighted by Crippen LogP contribution is 2.27. The van der Waals surface area contributed by atoms with Crippen LogP contribution in [0.3, 0.4) is 0 Å². The summed E-state index contributed by atoms with van der Waals surface area (Å²) in [5.74, 6) is 0.907. The SMILES string of the molecule is CCn1c(SCC(=O)Nc2cccc3ccccc23)nnc1-c1cccc(Cl)c1. The van der Waals surface area contributed by atoms with E-state index in [1.807, 2.05) is 78.2 Å². The van der Waals surface area contributed by atoms with E-state index in [1.54, 1.807) is 0 Å². The van der Waals surface area contributed by atoms with Crippen LogP contribution in [-0.2, 0) is 11.3 Å². The molecule has 0 aliphatic carbocycles. The summed E-state index contributed by atoms with van der Waals surface area (Å²) in [7, 11) is 0. The fraction of sp³-hybridized carbons (Fsp3) is 0.136. The number of carbonyl (C=O) groups is 1. The van der Waals surface area contributed by atoms with E-state index in [4.69, 9.17) is 11.6 Å². The van der Waals surface area contributed by atoms with Crippen LogP contribution in [0, 0.1) is 0 Å². The van der Waals surface area contributed by atoms with Crippen molar-refractivity contribution in [2.24, 2.45) is 0 Å². The average Bonchev–Trinajstić information content (AvgIpc) is 3.15. The third kappa shape index (κ3) is 4.28. The van der Waals surface area contributed by atoms with Gasteiger partial charge in [0.2, 0.25) is 5.91 Å². The molecule has 0 saturated carbocycles. The molecule has 1 amide bonds. The minimum Gasteiger partial charge on any atom is -0.325 e. The van der Waals surface area contributed by atoms with Crippen molar-refractivity contribution in [1.82, 2.24) is 14.8 Å². The molecule has 0 saturated heterocycles. The molecule has 1 aromatic heterocycles. The van der Waals surface area contributed by atoms with Crippen LogP contribution < -0.4 is 5.32 Å². The predicted molar refractivity (Wildman–Crippen MR) is 119 cm³/mol. The Balaban J connectivity index is 1.48. The Morgan fingerprint density at radius 2 is 1.86 bits per heavy atom. The Hall–Kier alpha value is -2.83. The van der Waals surface area contributed by atoms with Crippen molar-refractivity contribution in [2.75, 3.05) is 11.1 Å². The number of amides is 1. The molecule has 0 unspecified atom stereocenters. The second-order valence-corrected chi connectivity index (χ2v) is 7.80. The number of hydrogen-bond donors (Lipinski definition) is 1. The van der Waals surface area contributed by atoms with Gasteiger partial charge in [-0.2, -0.15) is 0 Å². The van der Waals surface area contributed by atoms with E-state index in [9.17, 15) is 4.79 Å². The lowest BCUT2D eigenvalue weighted by atomic mass is 10.1. The van der Waals surface area contributed by atoms with E-state index in [2.05, 4.69) is 15.5 Å². The van der Waals surface area contributed by atoms with Gasteiger partial charge in [-0.3, -0.25) is 4.79 Å². The number of aromatic nitrogens is 3. The number of nitrogens with zero attached hydrogens (tertiary/aromatic N) is 3. The molecular weight excluding hydrogens is 404 g/mol. The maximum atomic E-state index is 12.5. The van der Waals surface area contributed by atoms with Gasteiger partial charge in [-0.05, 0) is 30.5 Å². The Labute approximate surface area is 178 Å². The van der Waals surface area contributed by atoms with E-state index in [0.29, 0.717) is 16.7 Å². The molecule has 1 N–H and O–H groups in total. The number of halogens is 1. The third-order valence-electron chi connectivity index (χ3n) is 4.51. The summed E-state index contributed by atoms with van der Waals surface area (Å²) < 4.78 is 1.99. The van der Waals surface area contributed by atoms with Crippen molar-refractivity contribution in [1.29, 1.82) is 0 Å². The normalized spacial score (nSPS) is 11.0. The van der Waals surface area contributed by atoms with Crippen LogP contribution in [0.25, 0.3) is 22.2 Å². The number of benzene rings is 3. The zero-order valence-corrected chi connectivity index (χ0v) is 17.4. The van der Waals surface area contributed by atoms with Gasteiger partial charge >= 0.3 is 0 Å². The lowest BCUT2D eigenvalue weighted by molar-refractivity contribution is -0.113. The van der Waals surface area contributed by atoms with Crippen molar-refractivity contribution in [2.45, 2.75) is 18.6 Å². The van der Waals surface area contributed by atoms with Crippen molar-refractivity contribution in [3.8, 4) is 11.4 Å². The Bertz CT molecular complexity index is 1170. The molecule has 7 heteroatoms. The first-order valence-corrected chi connectivity index (χ1v) is 10.6. The third-order valence-corrected chi connectivity index (χ3v) is 5.71. The van der Waals surface area contributed by atoms with Gasteiger partial charge in [0, 0.05) is 28.2 Å². The standard InChI is InChI=1S/C22H19ClN4OS/c1-2-27-21(16-9-5-10-17(23)13-16)25-26-22(27)29-14-20(28)24-19-12-6-8-15-7-3-4-11-18(15)19/h3-13H,2,14H2,1H3,(H,24,28). The minimum atomic E-state index is -0.0821. The molecule has 1 heterocycles. The molecule has 0 spiro atoms. The van der Waals surface area contributed by atoms with E-state index in [1.165, 1.54) is 11.8 Å². The average molecular weight is 423 g/mol. The molecule has 0 fully saturated rings. The van der Waals surface area contributed by atoms with Crippen LogP contribution in [0.4, 0.5) is 5.69 Å². The number of carbonyl (C=O) groups excluding carboxylic acids is 1. The number of fused-ring (bicyclic) bond motifs is 1. The topological polar surface area (TPSA) is 59.8 Å². The van der Waals surface area contributed by atoms with Gasteiger partial charge in [0.15, 0.2) is 11.0 Å². The van der Waals surface area contributed by atoms with Gasteiger partial charge in [0.1, 0.15) is 0 Å². The molecule has 5 nitrogen and oxygen atoms in total. The fourth-order valence-corrected chi connectivity index (χ4v) is 4.17. The molecular formula is C22H19ClN4OS. The van der Waals surface area contributed by atoms with Gasteiger partial charge in [-0.15, -0.1) is 10.2 Å². The van der Waals surface area contributed by atoms with Crippen molar-refractivity contribution in [3.05, 3.63) is 71.8 Å². The van der Waals surface area contributed by atoms with Crippen LogP contribution >= 0.6 is 23.4 Å². The number of hydrogen-bond acceptors (Lipinski definition) is 4. The fourth-order valence-electron chi connectivity index (χ4n) is 3.17. The van der Waals surface area contributed by atoms with Crippen molar-refractivity contribution >= 4 is 45.7 Å². The minimum absolute atomic E-state index is 0.0821. The summed E-state index contributed by atoms with van der Waals surface area (Å²) in [6.45, 7) is 2.72. The van der Waals surface area contributed by atoms with E-state index < -0.39 is 0 Å². The first-order valence-electron chi connectivity index (χ1n) is 9.25. The van der Waals surface area contributed by atoms with Crippen molar-refractivity contribution < 1.29 is 4.79 Å². The van der Waals surface area contributed by atoms with E-state index in [0.717, 1.165) is 27.8 Å². The smallest absolute Gasteiger partial charge is 0.234 e. The highest BCUT2D eigenvalue weighted by atomic mass is 35.5. The summed E-state index contributed by atoms with van der Waals surface area (Å²) in [4.78, 5) is 12.5. The van der Waals surface area contributed by atoms with Crippen LogP contribution in [-0.4, -0.2) is 26.4 Å². The number of rotatable bonds is 6. The second kappa shape index (κ2) is 8.68. The lowest BCUT2D eigenvalue weighted by Gasteiger charge is -2.09. The highest BCUT2D eigenvalue weighted by molar-refractivity contribution is 7.99. The molecule has 29 heavy (non-hydrogen) atoms. The summed E-state index contributed by atoms with van der Waals surface area (Å²) in [6, 6.07) is 21.4. The van der Waals surface area contributed by atoms with Crippen LogP contribution in [0.1, 0.15) is 6.92 Å². The molecule has 3 aromatic carbocycles. The zero-order valence-electron chi connectivity index (χ0n) is 15.8. The van der Waals surface area contributed by atoms with Crippen LogP contribution in [0.5, 0.6) is 0 Å². The Kier molecular flexibility index (Phi) is 5.83. The monoisotopic (exact) mass is 422 g/mol. The molecule has 0 aliphatic heterocycles. The molecule has 0 bridgehead atoms. The van der Waals surface area contributed by atoms with E-state index in [-0.39, 0.29) is 11.7 Å². The highest BCUT2D eigenvalue weighted by Gasteiger charge is 2.15. The zero-order chi connectivity index (χ0) is 20.2. The maximum Gasteiger partial charge on any atom is 0.234 e. The quantitative estimate of drug-likeness (QED) is 0.416. The molecule has 0 atom stereocenters. The van der Waals surface area contributed by atoms with E-state index >= 15 is 0 Å². The Morgan fingerprint density at radius 3 is 2.69 bits per heavy atom. The molecule has 146 valence electrons. The second-order valence-electron chi connectivity index (χ2n) is 6.42. The largest absolute Gasteiger partial charge is 0.325 e. The van der Waals surface area contributed by atoms with Gasteiger partial charge in [-0.25, -0.2) is 0 Å². The summed E-state index contributed by atoms with van der Waals surface area (Å²) in [5, 5.41) is 15.0. The molecule has 0 radical (unpaired) electrons.